The molecule has 0 bridgehead atoms. The van der Waals surface area contributed by atoms with Crippen molar-refractivity contribution in [2.45, 2.75) is 0 Å². The minimum absolute atomic E-state index is 0.229. The fourth-order valence-electron chi connectivity index (χ4n) is 4.21. The molecule has 0 aliphatic heterocycles. The lowest BCUT2D eigenvalue weighted by Gasteiger charge is -2.09. The molecule has 0 spiro atoms. The summed E-state index contributed by atoms with van der Waals surface area (Å²) in [4.78, 5) is 18.3. The number of hydrogen-bond donors (Lipinski definition) is 0. The number of nitrogens with zero attached hydrogens (tertiary/aromatic N) is 5. The lowest BCUT2D eigenvalue weighted by Crippen LogP contribution is -2.23. The molecule has 6 rings (SSSR count). The standard InChI is InChI=1S/C30H23N5O3S/c1-37-24-15-14-21(17-25(24)38-2)28-22(19-34(33-28)23-11-7-4-8-12-23)18-26-29(36)35-30(39-26)31-27(32-35)16-13-20-9-5-3-6-10-20/h3-19H,1-2H3. The van der Waals surface area contributed by atoms with Gasteiger partial charge >= 0.3 is 0 Å². The Labute approximate surface area is 227 Å². The molecular weight excluding hydrogens is 510 g/mol. The summed E-state index contributed by atoms with van der Waals surface area (Å²) in [6, 6.07) is 25.3. The molecule has 6 aromatic rings. The Hall–Kier alpha value is -5.02. The van der Waals surface area contributed by atoms with Gasteiger partial charge in [-0.3, -0.25) is 4.79 Å². The fraction of sp³-hybridized carbons (Fsp3) is 0.0667. The molecule has 39 heavy (non-hydrogen) atoms. The zero-order valence-electron chi connectivity index (χ0n) is 21.2. The van der Waals surface area contributed by atoms with E-state index in [-0.39, 0.29) is 5.56 Å². The number of para-hydroxylation sites is 1. The third kappa shape index (κ3) is 4.83. The van der Waals surface area contributed by atoms with Crippen LogP contribution in [0.25, 0.3) is 40.1 Å². The minimum Gasteiger partial charge on any atom is -0.493 e. The molecule has 0 saturated carbocycles. The molecule has 0 aliphatic rings. The topological polar surface area (TPSA) is 83.5 Å². The van der Waals surface area contributed by atoms with Crippen LogP contribution in [0.5, 0.6) is 11.5 Å². The maximum absolute atomic E-state index is 13.3. The van der Waals surface area contributed by atoms with Crippen LogP contribution >= 0.6 is 11.3 Å². The van der Waals surface area contributed by atoms with E-state index in [1.807, 2.05) is 97.2 Å². The first-order valence-electron chi connectivity index (χ1n) is 12.1. The predicted molar refractivity (Wildman–Crippen MR) is 153 cm³/mol. The summed E-state index contributed by atoms with van der Waals surface area (Å²) < 4.78 is 14.6. The average molecular weight is 534 g/mol. The van der Waals surface area contributed by atoms with Gasteiger partial charge in [-0.15, -0.1) is 5.10 Å². The van der Waals surface area contributed by atoms with Crippen molar-refractivity contribution in [2.24, 2.45) is 0 Å². The van der Waals surface area contributed by atoms with Crippen LogP contribution in [0, 0.1) is 0 Å². The molecule has 3 aromatic heterocycles. The van der Waals surface area contributed by atoms with Crippen LogP contribution in [0.2, 0.25) is 0 Å². The highest BCUT2D eigenvalue weighted by Gasteiger charge is 2.16. The van der Waals surface area contributed by atoms with Crippen molar-refractivity contribution in [3.63, 3.8) is 0 Å². The van der Waals surface area contributed by atoms with Gasteiger partial charge in [-0.2, -0.15) is 14.6 Å². The van der Waals surface area contributed by atoms with Gasteiger partial charge in [0.1, 0.15) is 5.69 Å². The lowest BCUT2D eigenvalue weighted by molar-refractivity contribution is 0.355. The van der Waals surface area contributed by atoms with Gasteiger partial charge in [0.15, 0.2) is 17.3 Å². The van der Waals surface area contributed by atoms with Gasteiger partial charge < -0.3 is 9.47 Å². The van der Waals surface area contributed by atoms with Gasteiger partial charge in [0.25, 0.3) is 5.56 Å². The first-order valence-corrected chi connectivity index (χ1v) is 13.0. The van der Waals surface area contributed by atoms with Crippen molar-refractivity contribution in [3.05, 3.63) is 117 Å². The highest BCUT2D eigenvalue weighted by Crippen LogP contribution is 2.33. The maximum atomic E-state index is 13.3. The molecular formula is C30H23N5O3S. The molecule has 3 aromatic carbocycles. The second kappa shape index (κ2) is 10.4. The third-order valence-corrected chi connectivity index (χ3v) is 7.09. The van der Waals surface area contributed by atoms with Crippen molar-refractivity contribution in [1.82, 2.24) is 24.4 Å². The van der Waals surface area contributed by atoms with Crippen LogP contribution in [0.4, 0.5) is 0 Å². The summed E-state index contributed by atoms with van der Waals surface area (Å²) in [6.45, 7) is 0. The number of aromatic nitrogens is 5. The van der Waals surface area contributed by atoms with Crippen molar-refractivity contribution < 1.29 is 9.47 Å². The first kappa shape index (κ1) is 24.3. The summed E-state index contributed by atoms with van der Waals surface area (Å²) in [5.41, 5.74) is 4.01. The molecule has 9 heteroatoms. The summed E-state index contributed by atoms with van der Waals surface area (Å²) in [5, 5.41) is 9.27. The smallest absolute Gasteiger partial charge is 0.291 e. The molecule has 0 amide bonds. The van der Waals surface area contributed by atoms with Gasteiger partial charge in [-0.05, 0) is 48.0 Å². The average Bonchev–Trinajstić information content (AvgIpc) is 3.67. The van der Waals surface area contributed by atoms with E-state index in [4.69, 9.17) is 14.6 Å². The summed E-state index contributed by atoms with van der Waals surface area (Å²) >= 11 is 1.29. The first-order chi connectivity index (χ1) is 19.1. The number of rotatable bonds is 7. The highest BCUT2D eigenvalue weighted by atomic mass is 32.1. The van der Waals surface area contributed by atoms with E-state index in [1.165, 1.54) is 15.9 Å². The van der Waals surface area contributed by atoms with Crippen LogP contribution in [0.3, 0.4) is 0 Å². The summed E-state index contributed by atoms with van der Waals surface area (Å²) in [7, 11) is 3.19. The molecule has 3 heterocycles. The molecule has 0 aliphatic carbocycles. The zero-order valence-corrected chi connectivity index (χ0v) is 22.0. The van der Waals surface area contributed by atoms with Crippen LogP contribution in [-0.4, -0.2) is 38.6 Å². The second-order valence-electron chi connectivity index (χ2n) is 8.61. The van der Waals surface area contributed by atoms with Crippen molar-refractivity contribution in [1.29, 1.82) is 0 Å². The van der Waals surface area contributed by atoms with E-state index in [1.54, 1.807) is 25.0 Å². The van der Waals surface area contributed by atoms with Crippen molar-refractivity contribution >= 4 is 34.5 Å². The van der Waals surface area contributed by atoms with Crippen LogP contribution in [0.15, 0.2) is 89.9 Å². The molecule has 0 radical (unpaired) electrons. The van der Waals surface area contributed by atoms with E-state index in [0.29, 0.717) is 32.5 Å². The zero-order chi connectivity index (χ0) is 26.8. The molecule has 0 unspecified atom stereocenters. The van der Waals surface area contributed by atoms with Gasteiger partial charge in [-0.25, -0.2) is 4.68 Å². The largest absolute Gasteiger partial charge is 0.493 e. The number of ether oxygens (including phenoxy) is 2. The maximum Gasteiger partial charge on any atom is 0.291 e. The van der Waals surface area contributed by atoms with Gasteiger partial charge in [-0.1, -0.05) is 65.9 Å². The van der Waals surface area contributed by atoms with Gasteiger partial charge in [0.2, 0.25) is 4.96 Å². The Morgan fingerprint density at radius 1 is 0.846 bits per heavy atom. The van der Waals surface area contributed by atoms with E-state index < -0.39 is 0 Å². The highest BCUT2D eigenvalue weighted by molar-refractivity contribution is 7.15. The number of fused-ring (bicyclic) bond motifs is 1. The van der Waals surface area contributed by atoms with Gasteiger partial charge in [0.05, 0.1) is 24.4 Å². The number of thiazole rings is 1. The molecule has 0 N–H and O–H groups in total. The van der Waals surface area contributed by atoms with E-state index in [0.717, 1.165) is 22.4 Å². The van der Waals surface area contributed by atoms with Crippen LogP contribution < -0.4 is 19.6 Å². The normalized spacial score (nSPS) is 12.0. The summed E-state index contributed by atoms with van der Waals surface area (Å²) in [6.07, 6.45) is 7.47. The Bertz CT molecular complexity index is 1910. The Balaban J connectivity index is 1.44. The Morgan fingerprint density at radius 2 is 1.59 bits per heavy atom. The monoisotopic (exact) mass is 533 g/mol. The molecule has 192 valence electrons. The van der Waals surface area contributed by atoms with E-state index >= 15 is 0 Å². The molecule has 0 atom stereocenters. The number of hydrogen-bond acceptors (Lipinski definition) is 7. The fourth-order valence-corrected chi connectivity index (χ4v) is 5.12. The van der Waals surface area contributed by atoms with Crippen molar-refractivity contribution in [3.8, 4) is 28.4 Å². The number of methoxy groups -OCH3 is 2. The Morgan fingerprint density at radius 3 is 2.31 bits per heavy atom. The third-order valence-electron chi connectivity index (χ3n) is 6.13. The van der Waals surface area contributed by atoms with Gasteiger partial charge in [0, 0.05) is 17.3 Å². The van der Waals surface area contributed by atoms with E-state index in [9.17, 15) is 4.79 Å². The molecule has 8 nitrogen and oxygen atoms in total. The summed E-state index contributed by atoms with van der Waals surface area (Å²) in [5.74, 6) is 1.70. The van der Waals surface area contributed by atoms with Crippen molar-refractivity contribution in [2.75, 3.05) is 14.2 Å². The quantitative estimate of drug-likeness (QED) is 0.295. The molecule has 0 saturated heterocycles. The Kier molecular flexibility index (Phi) is 6.48. The van der Waals surface area contributed by atoms with Crippen LogP contribution in [0.1, 0.15) is 17.0 Å². The van der Waals surface area contributed by atoms with Crippen LogP contribution in [-0.2, 0) is 0 Å². The molecule has 0 fully saturated rings. The lowest BCUT2D eigenvalue weighted by atomic mass is 10.1. The predicted octanol–water partition coefficient (Wildman–Crippen LogP) is 4.74. The minimum atomic E-state index is -0.229. The number of benzene rings is 3. The van der Waals surface area contributed by atoms with E-state index in [2.05, 4.69) is 10.1 Å². The second-order valence-corrected chi connectivity index (χ2v) is 9.62. The SMILES string of the molecule is COc1ccc(-c2nn(-c3ccccc3)cc2C=c2sc3nc(C=Cc4ccccc4)nn3c2=O)cc1OC.